The molecule has 1 aliphatic heterocycles. The molecule has 3 heterocycles. The summed E-state index contributed by atoms with van der Waals surface area (Å²) in [5.41, 5.74) is 1.23. The van der Waals surface area contributed by atoms with Crippen molar-refractivity contribution in [1.82, 2.24) is 24.9 Å². The average molecular weight is 539 g/mol. The summed E-state index contributed by atoms with van der Waals surface area (Å²) in [6.45, 7) is 8.81. The van der Waals surface area contributed by atoms with Crippen LogP contribution >= 0.6 is 0 Å². The fraction of sp³-hybridized carbons (Fsp3) is 0.536. The number of aliphatic imine (C=N–C) groups is 1. The largest absolute Gasteiger partial charge is 0.463 e. The molecule has 0 saturated carbocycles. The number of rotatable bonds is 8. The van der Waals surface area contributed by atoms with Gasteiger partial charge in [-0.15, -0.1) is 4.99 Å². The first-order valence-corrected chi connectivity index (χ1v) is 13.7. The van der Waals surface area contributed by atoms with Gasteiger partial charge in [-0.25, -0.2) is 9.59 Å². The van der Waals surface area contributed by atoms with Crippen molar-refractivity contribution >= 4 is 29.0 Å². The first-order valence-electron chi connectivity index (χ1n) is 13.7. The van der Waals surface area contributed by atoms with Crippen molar-refractivity contribution < 1.29 is 24.0 Å². The first-order chi connectivity index (χ1) is 18.7. The number of aromatic nitrogens is 3. The number of ether oxygens (including phenoxy) is 1. The Bertz CT molecular complexity index is 1320. The number of carbonyl (C=O) groups is 2. The summed E-state index contributed by atoms with van der Waals surface area (Å²) in [6, 6.07) is 7.70. The van der Waals surface area contributed by atoms with Crippen LogP contribution in [-0.4, -0.2) is 55.0 Å². The van der Waals surface area contributed by atoms with Crippen molar-refractivity contribution in [2.45, 2.75) is 90.8 Å². The number of aryl methyl sites for hydroxylation is 1. The van der Waals surface area contributed by atoms with Gasteiger partial charge < -0.3 is 23.8 Å². The molecule has 0 aliphatic carbocycles. The van der Waals surface area contributed by atoms with E-state index in [1.165, 1.54) is 25.7 Å². The van der Waals surface area contributed by atoms with E-state index in [2.05, 4.69) is 45.3 Å². The number of fused-ring (bicyclic) bond motifs is 1. The van der Waals surface area contributed by atoms with Gasteiger partial charge in [0.25, 0.3) is 0 Å². The Morgan fingerprint density at radius 1 is 1.21 bits per heavy atom. The zero-order valence-corrected chi connectivity index (χ0v) is 23.1. The normalized spacial score (nSPS) is 16.2. The van der Waals surface area contributed by atoms with E-state index in [1.54, 1.807) is 25.7 Å². The molecule has 1 aromatic carbocycles. The van der Waals surface area contributed by atoms with Crippen LogP contribution in [0.3, 0.4) is 0 Å². The maximum atomic E-state index is 12.4. The van der Waals surface area contributed by atoms with Gasteiger partial charge in [0.1, 0.15) is 11.6 Å². The summed E-state index contributed by atoms with van der Waals surface area (Å²) in [6.07, 6.45) is 7.36. The van der Waals surface area contributed by atoms with Gasteiger partial charge in [-0.2, -0.15) is 4.98 Å². The third kappa shape index (κ3) is 7.15. The Hall–Kier alpha value is -3.89. The summed E-state index contributed by atoms with van der Waals surface area (Å²) >= 11 is 0. The van der Waals surface area contributed by atoms with Crippen LogP contribution in [0, 0.1) is 0 Å². The highest BCUT2D eigenvalue weighted by Crippen LogP contribution is 2.34. The van der Waals surface area contributed by atoms with Gasteiger partial charge in [-0.05, 0) is 52.2 Å². The second kappa shape index (κ2) is 12.3. The number of guanidine groups is 1. The third-order valence-corrected chi connectivity index (χ3v) is 6.62. The molecule has 2 aromatic heterocycles. The molecule has 0 unspecified atom stereocenters. The molecule has 11 nitrogen and oxygen atoms in total. The number of likely N-dealkylation sites (tertiary alicyclic amines) is 1. The van der Waals surface area contributed by atoms with E-state index in [0.717, 1.165) is 35.9 Å². The molecule has 2 amide bonds. The number of hydrogen-bond acceptors (Lipinski definition) is 6. The van der Waals surface area contributed by atoms with Gasteiger partial charge in [0, 0.05) is 35.8 Å². The van der Waals surface area contributed by atoms with Crippen LogP contribution < -0.4 is 5.32 Å². The van der Waals surface area contributed by atoms with Crippen LogP contribution in [0.25, 0.3) is 22.3 Å². The van der Waals surface area contributed by atoms with E-state index in [0.29, 0.717) is 24.7 Å². The van der Waals surface area contributed by atoms with E-state index < -0.39 is 23.8 Å². The number of nitrogens with one attached hydrogen (secondary N) is 1. The van der Waals surface area contributed by atoms with Gasteiger partial charge in [0.05, 0.1) is 0 Å². The maximum absolute atomic E-state index is 12.4. The average Bonchev–Trinajstić information content (AvgIpc) is 3.61. The van der Waals surface area contributed by atoms with Crippen molar-refractivity contribution in [3.05, 3.63) is 36.4 Å². The quantitative estimate of drug-likeness (QED) is 0.192. The highest BCUT2D eigenvalue weighted by atomic mass is 16.6. The molecule has 0 spiro atoms. The summed E-state index contributed by atoms with van der Waals surface area (Å²) in [4.78, 5) is 33.8. The summed E-state index contributed by atoms with van der Waals surface area (Å²) in [7, 11) is 0. The zero-order chi connectivity index (χ0) is 28.0. The molecule has 1 atom stereocenters. The molecule has 0 radical (unpaired) electrons. The molecule has 3 aromatic rings. The lowest BCUT2D eigenvalue weighted by Gasteiger charge is -2.26. The Morgan fingerprint density at radius 3 is 2.74 bits per heavy atom. The standard InChI is InChI=1S/C28H38N6O5/c1-5-6-7-8-9-16-33-18-15-19-20(12-10-13-21(19)33)23-29-24(39-32-23)22-14-11-17-34(22)25(30-26(35)36)31-27(37)38-28(2,3)4/h10,12-13,15,18,22H,5-9,11,14,16-17H2,1-4H3,(H,35,36)(H,30,31,37)/t22-/m0/s1. The predicted octanol–water partition coefficient (Wildman–Crippen LogP) is 6.36. The molecule has 1 saturated heterocycles. The van der Waals surface area contributed by atoms with Gasteiger partial charge in [-0.3, -0.25) is 5.32 Å². The SMILES string of the molecule is CCCCCCCn1ccc2c(-c3noc([C@@H]4CCCN4/C(=N\C(=O)O)NC(=O)OC(C)(C)C)n3)cccc21. The smallest absolute Gasteiger partial charge is 0.434 e. The molecular formula is C28H38N6O5. The van der Waals surface area contributed by atoms with Gasteiger partial charge in [0.2, 0.25) is 17.7 Å². The topological polar surface area (TPSA) is 135 Å². The molecule has 1 aliphatic rings. The summed E-state index contributed by atoms with van der Waals surface area (Å²) in [5, 5.41) is 17.1. The molecule has 11 heteroatoms. The minimum absolute atomic E-state index is 0.128. The molecule has 1 fully saturated rings. The van der Waals surface area contributed by atoms with Crippen molar-refractivity contribution in [1.29, 1.82) is 0 Å². The molecule has 39 heavy (non-hydrogen) atoms. The van der Waals surface area contributed by atoms with Crippen molar-refractivity contribution in [3.63, 3.8) is 0 Å². The van der Waals surface area contributed by atoms with Crippen LogP contribution in [0.1, 0.15) is 84.6 Å². The lowest BCUT2D eigenvalue weighted by molar-refractivity contribution is 0.0555. The molecule has 0 bridgehead atoms. The van der Waals surface area contributed by atoms with E-state index in [1.807, 2.05) is 12.1 Å². The van der Waals surface area contributed by atoms with Crippen molar-refractivity contribution in [2.24, 2.45) is 4.99 Å². The first kappa shape index (κ1) is 28.1. The zero-order valence-electron chi connectivity index (χ0n) is 23.1. The molecule has 2 N–H and O–H groups in total. The predicted molar refractivity (Wildman–Crippen MR) is 147 cm³/mol. The molecule has 4 rings (SSSR count). The number of nitrogens with zero attached hydrogens (tertiary/aromatic N) is 5. The second-order valence-electron chi connectivity index (χ2n) is 10.8. The van der Waals surface area contributed by atoms with Gasteiger partial charge in [-0.1, -0.05) is 49.9 Å². The Morgan fingerprint density at radius 2 is 2.00 bits per heavy atom. The van der Waals surface area contributed by atoms with E-state index in [9.17, 15) is 14.7 Å². The van der Waals surface area contributed by atoms with Crippen molar-refractivity contribution in [2.75, 3.05) is 6.54 Å². The van der Waals surface area contributed by atoms with Crippen LogP contribution in [0.5, 0.6) is 0 Å². The number of carbonyl (C=O) groups excluding carboxylic acids is 1. The fourth-order valence-corrected chi connectivity index (χ4v) is 4.91. The van der Waals surface area contributed by atoms with E-state index in [4.69, 9.17) is 14.2 Å². The second-order valence-corrected chi connectivity index (χ2v) is 10.8. The number of carboxylic acid groups (broad SMARTS) is 1. The number of unbranched alkanes of at least 4 members (excludes halogenated alkanes) is 4. The highest BCUT2D eigenvalue weighted by Gasteiger charge is 2.35. The van der Waals surface area contributed by atoms with Crippen LogP contribution in [-0.2, 0) is 11.3 Å². The van der Waals surface area contributed by atoms with E-state index >= 15 is 0 Å². The summed E-state index contributed by atoms with van der Waals surface area (Å²) in [5.74, 6) is 0.663. The van der Waals surface area contributed by atoms with E-state index in [-0.39, 0.29) is 5.96 Å². The number of benzene rings is 1. The molecule has 210 valence electrons. The Labute approximate surface area is 228 Å². The Balaban J connectivity index is 1.54. The maximum Gasteiger partial charge on any atom is 0.434 e. The lowest BCUT2D eigenvalue weighted by atomic mass is 10.1. The fourth-order valence-electron chi connectivity index (χ4n) is 4.91. The van der Waals surface area contributed by atoms with Crippen LogP contribution in [0.4, 0.5) is 9.59 Å². The lowest BCUT2D eigenvalue weighted by Crippen LogP contribution is -2.46. The van der Waals surface area contributed by atoms with Crippen LogP contribution in [0.15, 0.2) is 40.0 Å². The highest BCUT2D eigenvalue weighted by molar-refractivity contribution is 5.99. The van der Waals surface area contributed by atoms with Crippen LogP contribution in [0.2, 0.25) is 0 Å². The number of hydrogen-bond donors (Lipinski definition) is 2. The van der Waals surface area contributed by atoms with Crippen molar-refractivity contribution in [3.8, 4) is 11.4 Å². The number of alkyl carbamates (subject to hydrolysis) is 1. The van der Waals surface area contributed by atoms with Gasteiger partial charge in [0.15, 0.2) is 0 Å². The third-order valence-electron chi connectivity index (χ3n) is 6.62. The minimum atomic E-state index is -1.43. The summed E-state index contributed by atoms with van der Waals surface area (Å²) < 4.78 is 13.2. The van der Waals surface area contributed by atoms with Gasteiger partial charge >= 0.3 is 12.2 Å². The minimum Gasteiger partial charge on any atom is -0.463 e. The Kier molecular flexibility index (Phi) is 8.88. The monoisotopic (exact) mass is 538 g/mol. The number of amides is 2. The molecular weight excluding hydrogens is 500 g/mol.